The molecule has 29 heavy (non-hydrogen) atoms. The summed E-state index contributed by atoms with van der Waals surface area (Å²) < 4.78 is 1.54. The van der Waals surface area contributed by atoms with E-state index in [1.807, 2.05) is 37.3 Å². The number of nitrogens with zero attached hydrogens (tertiary/aromatic N) is 4. The Morgan fingerprint density at radius 1 is 1.03 bits per heavy atom. The zero-order valence-corrected chi connectivity index (χ0v) is 16.8. The molecule has 0 fully saturated rings. The van der Waals surface area contributed by atoms with Gasteiger partial charge >= 0.3 is 0 Å². The molecule has 0 aliphatic carbocycles. The largest absolute Gasteiger partial charge is 0.368 e. The summed E-state index contributed by atoms with van der Waals surface area (Å²) in [5, 5.41) is 4.12. The van der Waals surface area contributed by atoms with E-state index in [0.717, 1.165) is 0 Å². The molecule has 2 aromatic carbocycles. The van der Waals surface area contributed by atoms with Crippen molar-refractivity contribution in [3.05, 3.63) is 81.0 Å². The fourth-order valence-corrected chi connectivity index (χ4v) is 3.56. The molecule has 4 aromatic rings. The van der Waals surface area contributed by atoms with Crippen molar-refractivity contribution >= 4 is 45.9 Å². The van der Waals surface area contributed by atoms with E-state index in [1.54, 1.807) is 24.3 Å². The van der Waals surface area contributed by atoms with Crippen molar-refractivity contribution in [3.8, 4) is 5.69 Å². The van der Waals surface area contributed by atoms with Gasteiger partial charge in [-0.2, -0.15) is 4.98 Å². The van der Waals surface area contributed by atoms with Crippen LogP contribution in [0.15, 0.2) is 59.4 Å². The van der Waals surface area contributed by atoms with Gasteiger partial charge in [0.1, 0.15) is 16.8 Å². The van der Waals surface area contributed by atoms with Crippen molar-refractivity contribution < 1.29 is 0 Å². The van der Waals surface area contributed by atoms with E-state index in [0.29, 0.717) is 33.3 Å². The summed E-state index contributed by atoms with van der Waals surface area (Å²) in [6, 6.07) is 15.6. The maximum absolute atomic E-state index is 13.4. The maximum atomic E-state index is 13.4. The van der Waals surface area contributed by atoms with Crippen LogP contribution in [-0.4, -0.2) is 19.5 Å². The van der Waals surface area contributed by atoms with Crippen molar-refractivity contribution in [2.75, 3.05) is 11.1 Å². The third-order valence-electron chi connectivity index (χ3n) is 4.35. The molecule has 146 valence electrons. The predicted octanol–water partition coefficient (Wildman–Crippen LogP) is 4.24. The summed E-state index contributed by atoms with van der Waals surface area (Å²) in [7, 11) is 0. The third-order valence-corrected chi connectivity index (χ3v) is 4.86. The third kappa shape index (κ3) is 3.74. The summed E-state index contributed by atoms with van der Waals surface area (Å²) in [5.74, 6) is 0.963. The van der Waals surface area contributed by atoms with Crippen LogP contribution in [0.2, 0.25) is 10.2 Å². The van der Waals surface area contributed by atoms with E-state index in [9.17, 15) is 4.79 Å². The van der Waals surface area contributed by atoms with Crippen LogP contribution in [-0.2, 0) is 0 Å². The predicted molar refractivity (Wildman–Crippen MR) is 116 cm³/mol. The number of halogens is 2. The fraction of sp³-hybridized carbons (Fsp3) is 0.100. The molecule has 0 saturated heterocycles. The zero-order chi connectivity index (χ0) is 20.5. The van der Waals surface area contributed by atoms with E-state index in [-0.39, 0.29) is 16.7 Å². The first-order chi connectivity index (χ1) is 13.9. The van der Waals surface area contributed by atoms with Gasteiger partial charge in [0.25, 0.3) is 5.56 Å². The first-order valence-corrected chi connectivity index (χ1v) is 9.53. The topological polar surface area (TPSA) is 98.7 Å². The molecule has 1 atom stereocenters. The van der Waals surface area contributed by atoms with Crippen LogP contribution in [0.3, 0.4) is 0 Å². The highest BCUT2D eigenvalue weighted by Crippen LogP contribution is 2.25. The van der Waals surface area contributed by atoms with Gasteiger partial charge in [-0.1, -0.05) is 47.5 Å². The van der Waals surface area contributed by atoms with Gasteiger partial charge in [0.05, 0.1) is 27.7 Å². The lowest BCUT2D eigenvalue weighted by atomic mass is 10.2. The highest BCUT2D eigenvalue weighted by molar-refractivity contribution is 6.35. The molecule has 0 amide bonds. The van der Waals surface area contributed by atoms with Crippen molar-refractivity contribution in [1.82, 2.24) is 19.5 Å². The zero-order valence-electron chi connectivity index (χ0n) is 15.3. The van der Waals surface area contributed by atoms with E-state index in [4.69, 9.17) is 33.9 Å². The molecular formula is C20H16Cl2N6O. The minimum Gasteiger partial charge on any atom is -0.368 e. The normalized spacial score (nSPS) is 12.1. The molecule has 2 aromatic heterocycles. The summed E-state index contributed by atoms with van der Waals surface area (Å²) in [5.41, 5.74) is 6.61. The molecule has 0 bridgehead atoms. The number of nitrogen functional groups attached to an aromatic ring is 1. The Hall–Kier alpha value is -3.16. The quantitative estimate of drug-likeness (QED) is 0.473. The SMILES string of the molecule is CC(Nc1cc(Cl)nc(N)n1)c1nc2cccc(Cl)c2c(=O)n1-c1ccccc1. The first kappa shape index (κ1) is 19.2. The van der Waals surface area contributed by atoms with Crippen LogP contribution in [0.5, 0.6) is 0 Å². The molecule has 1 unspecified atom stereocenters. The molecule has 0 aliphatic heterocycles. The Kier molecular flexibility index (Phi) is 5.08. The standard InChI is InChI=1S/C20H16Cl2N6O/c1-11(24-16-10-15(22)26-20(23)27-16)18-25-14-9-5-8-13(21)17(14)19(29)28(18)12-6-3-2-4-7-12/h2-11H,1H3,(H3,23,24,26,27). The van der Waals surface area contributed by atoms with Gasteiger partial charge in [0.15, 0.2) is 0 Å². The second-order valence-corrected chi connectivity index (χ2v) is 7.17. The van der Waals surface area contributed by atoms with Gasteiger partial charge in [0.2, 0.25) is 5.95 Å². The Labute approximate surface area is 176 Å². The smallest absolute Gasteiger partial charge is 0.267 e. The van der Waals surface area contributed by atoms with Gasteiger partial charge in [-0.15, -0.1) is 0 Å². The molecule has 0 spiro atoms. The number of benzene rings is 2. The summed E-state index contributed by atoms with van der Waals surface area (Å²) in [6.07, 6.45) is 0. The Balaban J connectivity index is 1.91. The molecule has 4 rings (SSSR count). The summed E-state index contributed by atoms with van der Waals surface area (Å²) in [6.45, 7) is 1.86. The Morgan fingerprint density at radius 3 is 2.52 bits per heavy atom. The van der Waals surface area contributed by atoms with Gasteiger partial charge in [-0.3, -0.25) is 9.36 Å². The summed E-state index contributed by atoms with van der Waals surface area (Å²) >= 11 is 12.3. The van der Waals surface area contributed by atoms with Crippen molar-refractivity contribution in [2.24, 2.45) is 0 Å². The van der Waals surface area contributed by atoms with E-state index in [2.05, 4.69) is 15.3 Å². The Bertz CT molecular complexity index is 1240. The van der Waals surface area contributed by atoms with Gasteiger partial charge < -0.3 is 11.1 Å². The van der Waals surface area contributed by atoms with Crippen LogP contribution in [0, 0.1) is 0 Å². The van der Waals surface area contributed by atoms with Gasteiger partial charge in [-0.05, 0) is 31.2 Å². The molecule has 7 nitrogen and oxygen atoms in total. The number of rotatable bonds is 4. The lowest BCUT2D eigenvalue weighted by Gasteiger charge is -2.20. The van der Waals surface area contributed by atoms with Crippen molar-refractivity contribution in [3.63, 3.8) is 0 Å². The number of fused-ring (bicyclic) bond motifs is 1. The lowest BCUT2D eigenvalue weighted by molar-refractivity contribution is 0.731. The summed E-state index contributed by atoms with van der Waals surface area (Å²) in [4.78, 5) is 26.1. The van der Waals surface area contributed by atoms with Crippen LogP contribution >= 0.6 is 23.2 Å². The minimum absolute atomic E-state index is 0.0471. The molecule has 0 radical (unpaired) electrons. The molecule has 0 aliphatic rings. The average molecular weight is 427 g/mol. The van der Waals surface area contributed by atoms with Crippen LogP contribution in [0.25, 0.3) is 16.6 Å². The van der Waals surface area contributed by atoms with Crippen LogP contribution < -0.4 is 16.6 Å². The Morgan fingerprint density at radius 2 is 1.79 bits per heavy atom. The monoisotopic (exact) mass is 426 g/mol. The fourth-order valence-electron chi connectivity index (χ4n) is 3.12. The second-order valence-electron chi connectivity index (χ2n) is 6.38. The maximum Gasteiger partial charge on any atom is 0.267 e. The highest BCUT2D eigenvalue weighted by Gasteiger charge is 2.20. The molecule has 3 N–H and O–H groups in total. The molecule has 9 heteroatoms. The van der Waals surface area contributed by atoms with Gasteiger partial charge in [0, 0.05) is 6.07 Å². The number of hydrogen-bond acceptors (Lipinski definition) is 6. The molecule has 2 heterocycles. The van der Waals surface area contributed by atoms with Gasteiger partial charge in [-0.25, -0.2) is 9.97 Å². The molecule has 0 saturated carbocycles. The van der Waals surface area contributed by atoms with Crippen molar-refractivity contribution in [1.29, 1.82) is 0 Å². The molecular weight excluding hydrogens is 411 g/mol. The number of aromatic nitrogens is 4. The number of nitrogens with one attached hydrogen (secondary N) is 1. The lowest BCUT2D eigenvalue weighted by Crippen LogP contribution is -2.27. The second kappa shape index (κ2) is 7.69. The number of hydrogen-bond donors (Lipinski definition) is 2. The van der Waals surface area contributed by atoms with Crippen molar-refractivity contribution in [2.45, 2.75) is 13.0 Å². The number of para-hydroxylation sites is 1. The van der Waals surface area contributed by atoms with E-state index >= 15 is 0 Å². The minimum atomic E-state index is -0.406. The number of nitrogens with two attached hydrogens (primary N) is 1. The van der Waals surface area contributed by atoms with Crippen LogP contribution in [0.1, 0.15) is 18.8 Å². The number of anilines is 2. The first-order valence-electron chi connectivity index (χ1n) is 8.77. The highest BCUT2D eigenvalue weighted by atomic mass is 35.5. The average Bonchev–Trinajstić information content (AvgIpc) is 2.67. The van der Waals surface area contributed by atoms with E-state index in [1.165, 1.54) is 4.57 Å². The van der Waals surface area contributed by atoms with Crippen LogP contribution in [0.4, 0.5) is 11.8 Å². The van der Waals surface area contributed by atoms with E-state index < -0.39 is 6.04 Å².